The Balaban J connectivity index is 2.48. The Morgan fingerprint density at radius 2 is 2.29 bits per heavy atom. The van der Waals surface area contributed by atoms with Crippen molar-refractivity contribution in [2.75, 3.05) is 16.8 Å². The summed E-state index contributed by atoms with van der Waals surface area (Å²) in [5, 5.41) is 7.07. The highest BCUT2D eigenvalue weighted by atomic mass is 32.2. The average molecular weight is 233 g/mol. The molecule has 5 heteroatoms. The molecule has 14 heavy (non-hydrogen) atoms. The van der Waals surface area contributed by atoms with Gasteiger partial charge in [0.15, 0.2) is 9.84 Å². The van der Waals surface area contributed by atoms with E-state index in [1.807, 2.05) is 23.8 Å². The number of hydrogen-bond donors (Lipinski definition) is 1. The van der Waals surface area contributed by atoms with Crippen LogP contribution in [0.1, 0.15) is 13.8 Å². The molecular weight excluding hydrogens is 218 g/mol. The minimum atomic E-state index is -2.88. The minimum absolute atomic E-state index is 0.0328. The van der Waals surface area contributed by atoms with Crippen molar-refractivity contribution in [3.63, 3.8) is 0 Å². The summed E-state index contributed by atoms with van der Waals surface area (Å²) in [6.07, 6.45) is 0. The summed E-state index contributed by atoms with van der Waals surface area (Å²) in [5.41, 5.74) is 0.994. The van der Waals surface area contributed by atoms with Crippen LogP contribution in [0.4, 0.5) is 5.69 Å². The highest BCUT2D eigenvalue weighted by Gasteiger charge is 2.13. The van der Waals surface area contributed by atoms with Crippen molar-refractivity contribution in [1.29, 1.82) is 0 Å². The molecule has 1 atom stereocenters. The predicted octanol–water partition coefficient (Wildman–Crippen LogP) is 1.98. The van der Waals surface area contributed by atoms with Gasteiger partial charge in [-0.15, -0.1) is 0 Å². The van der Waals surface area contributed by atoms with Gasteiger partial charge in [0.1, 0.15) is 0 Å². The fourth-order valence-corrected chi connectivity index (χ4v) is 2.85. The van der Waals surface area contributed by atoms with E-state index in [2.05, 4.69) is 5.32 Å². The fraction of sp³-hybridized carbons (Fsp3) is 0.556. The van der Waals surface area contributed by atoms with Gasteiger partial charge in [0.05, 0.1) is 5.75 Å². The van der Waals surface area contributed by atoms with E-state index in [-0.39, 0.29) is 17.5 Å². The molecule has 0 radical (unpaired) electrons. The molecule has 0 aliphatic carbocycles. The van der Waals surface area contributed by atoms with Crippen LogP contribution in [0.5, 0.6) is 0 Å². The van der Waals surface area contributed by atoms with Gasteiger partial charge < -0.3 is 5.32 Å². The van der Waals surface area contributed by atoms with E-state index < -0.39 is 9.84 Å². The van der Waals surface area contributed by atoms with Gasteiger partial charge in [-0.1, -0.05) is 6.92 Å². The van der Waals surface area contributed by atoms with Crippen LogP contribution in [0, 0.1) is 0 Å². The van der Waals surface area contributed by atoms with Crippen LogP contribution in [-0.2, 0) is 9.84 Å². The molecule has 0 aliphatic heterocycles. The third-order valence-electron chi connectivity index (χ3n) is 1.88. The van der Waals surface area contributed by atoms with Crippen LogP contribution >= 0.6 is 11.3 Å². The van der Waals surface area contributed by atoms with E-state index in [0.29, 0.717) is 0 Å². The molecule has 0 saturated carbocycles. The summed E-state index contributed by atoms with van der Waals surface area (Å²) in [7, 11) is -2.88. The van der Waals surface area contributed by atoms with Crippen LogP contribution in [0.15, 0.2) is 16.8 Å². The molecule has 3 nitrogen and oxygen atoms in total. The van der Waals surface area contributed by atoms with Crippen molar-refractivity contribution in [3.05, 3.63) is 16.8 Å². The van der Waals surface area contributed by atoms with Gasteiger partial charge >= 0.3 is 0 Å². The lowest BCUT2D eigenvalue weighted by atomic mass is 10.4. The third kappa shape index (κ3) is 3.67. The molecule has 0 aromatic carbocycles. The van der Waals surface area contributed by atoms with Gasteiger partial charge in [0.25, 0.3) is 0 Å². The van der Waals surface area contributed by atoms with E-state index >= 15 is 0 Å². The number of sulfone groups is 1. The van der Waals surface area contributed by atoms with E-state index in [1.165, 1.54) is 0 Å². The molecule has 1 unspecified atom stereocenters. The Kier molecular flexibility index (Phi) is 3.95. The molecule has 1 heterocycles. The average Bonchev–Trinajstić information content (AvgIpc) is 2.55. The van der Waals surface area contributed by atoms with Crippen LogP contribution in [0.2, 0.25) is 0 Å². The molecule has 0 saturated heterocycles. The zero-order valence-electron chi connectivity index (χ0n) is 8.36. The molecule has 0 amide bonds. The molecule has 0 spiro atoms. The van der Waals surface area contributed by atoms with Crippen molar-refractivity contribution in [2.45, 2.75) is 19.9 Å². The summed E-state index contributed by atoms with van der Waals surface area (Å²) in [6.45, 7) is 3.55. The van der Waals surface area contributed by atoms with Gasteiger partial charge in [-0.2, -0.15) is 11.3 Å². The van der Waals surface area contributed by atoms with Crippen molar-refractivity contribution in [2.24, 2.45) is 0 Å². The Hall–Kier alpha value is -0.550. The second-order valence-electron chi connectivity index (χ2n) is 3.26. The molecule has 0 bridgehead atoms. The van der Waals surface area contributed by atoms with E-state index in [4.69, 9.17) is 0 Å². The number of rotatable bonds is 5. The van der Waals surface area contributed by atoms with E-state index in [1.54, 1.807) is 18.3 Å². The Morgan fingerprint density at radius 1 is 1.57 bits per heavy atom. The van der Waals surface area contributed by atoms with E-state index in [0.717, 1.165) is 5.69 Å². The molecule has 0 aliphatic rings. The lowest BCUT2D eigenvalue weighted by Gasteiger charge is -2.13. The first-order chi connectivity index (χ1) is 6.53. The summed E-state index contributed by atoms with van der Waals surface area (Å²) in [6, 6.07) is 1.91. The summed E-state index contributed by atoms with van der Waals surface area (Å²) < 4.78 is 22.6. The highest BCUT2D eigenvalue weighted by molar-refractivity contribution is 7.91. The van der Waals surface area contributed by atoms with E-state index in [9.17, 15) is 8.42 Å². The lowest BCUT2D eigenvalue weighted by molar-refractivity contribution is 0.593. The zero-order valence-corrected chi connectivity index (χ0v) is 9.99. The predicted molar refractivity (Wildman–Crippen MR) is 61.7 cm³/mol. The normalized spacial score (nSPS) is 13.9. The SMILES string of the molecule is CCS(=O)(=O)CC(C)Nc1ccsc1. The number of thiophene rings is 1. The lowest BCUT2D eigenvalue weighted by Crippen LogP contribution is -2.26. The van der Waals surface area contributed by atoms with Gasteiger partial charge in [-0.25, -0.2) is 8.42 Å². The van der Waals surface area contributed by atoms with Crippen molar-refractivity contribution in [1.82, 2.24) is 0 Å². The number of anilines is 1. The molecule has 1 aromatic rings. The van der Waals surface area contributed by atoms with Crippen LogP contribution in [-0.4, -0.2) is 26.0 Å². The van der Waals surface area contributed by atoms with Gasteiger partial charge in [0.2, 0.25) is 0 Å². The smallest absolute Gasteiger partial charge is 0.152 e. The van der Waals surface area contributed by atoms with Crippen LogP contribution in [0.3, 0.4) is 0 Å². The second kappa shape index (κ2) is 4.79. The first-order valence-corrected chi connectivity index (χ1v) is 7.29. The highest BCUT2D eigenvalue weighted by Crippen LogP contribution is 2.13. The summed E-state index contributed by atoms with van der Waals surface area (Å²) >= 11 is 1.59. The number of nitrogens with one attached hydrogen (secondary N) is 1. The summed E-state index contributed by atoms with van der Waals surface area (Å²) in [4.78, 5) is 0. The molecule has 1 rings (SSSR count). The molecule has 1 aromatic heterocycles. The quantitative estimate of drug-likeness (QED) is 0.846. The van der Waals surface area contributed by atoms with Crippen LogP contribution < -0.4 is 5.32 Å². The first-order valence-electron chi connectivity index (χ1n) is 4.52. The largest absolute Gasteiger partial charge is 0.381 e. The number of hydrogen-bond acceptors (Lipinski definition) is 4. The standard InChI is InChI=1S/C9H15NO2S2/c1-3-14(11,12)7-8(2)10-9-4-5-13-6-9/h4-6,8,10H,3,7H2,1-2H3. The second-order valence-corrected chi connectivity index (χ2v) is 6.43. The van der Waals surface area contributed by atoms with Crippen molar-refractivity contribution < 1.29 is 8.42 Å². The van der Waals surface area contributed by atoms with Gasteiger partial charge in [0, 0.05) is 22.9 Å². The third-order valence-corrected chi connectivity index (χ3v) is 4.45. The van der Waals surface area contributed by atoms with Crippen molar-refractivity contribution in [3.8, 4) is 0 Å². The Morgan fingerprint density at radius 3 is 2.79 bits per heavy atom. The molecular formula is C9H15NO2S2. The maximum atomic E-state index is 11.3. The van der Waals surface area contributed by atoms with Gasteiger partial charge in [-0.3, -0.25) is 0 Å². The summed E-state index contributed by atoms with van der Waals surface area (Å²) in [5.74, 6) is 0.405. The monoisotopic (exact) mass is 233 g/mol. The Labute approximate surface area is 89.1 Å². The molecule has 80 valence electrons. The Bertz CT molecular complexity index is 356. The topological polar surface area (TPSA) is 46.2 Å². The molecule has 0 fully saturated rings. The molecule has 1 N–H and O–H groups in total. The fourth-order valence-electron chi connectivity index (χ4n) is 1.17. The maximum Gasteiger partial charge on any atom is 0.152 e. The van der Waals surface area contributed by atoms with Crippen LogP contribution in [0.25, 0.3) is 0 Å². The van der Waals surface area contributed by atoms with Gasteiger partial charge in [-0.05, 0) is 18.4 Å². The zero-order chi connectivity index (χ0) is 10.6. The van der Waals surface area contributed by atoms with Crippen molar-refractivity contribution >= 4 is 26.9 Å². The maximum absolute atomic E-state index is 11.3. The first kappa shape index (κ1) is 11.5. The minimum Gasteiger partial charge on any atom is -0.381 e.